The molecule has 0 spiro atoms. The van der Waals surface area contributed by atoms with Gasteiger partial charge >= 0.3 is 0 Å². The minimum atomic E-state index is -0.276. The van der Waals surface area contributed by atoms with E-state index in [2.05, 4.69) is 15.5 Å². The van der Waals surface area contributed by atoms with Crippen molar-refractivity contribution < 1.29 is 4.79 Å². The first-order chi connectivity index (χ1) is 9.75. The molecule has 0 saturated heterocycles. The summed E-state index contributed by atoms with van der Waals surface area (Å²) in [5.41, 5.74) is 4.88. The van der Waals surface area contributed by atoms with Crippen molar-refractivity contribution in [3.63, 3.8) is 0 Å². The van der Waals surface area contributed by atoms with Gasteiger partial charge in [0, 0.05) is 18.1 Å². The summed E-state index contributed by atoms with van der Waals surface area (Å²) in [6.45, 7) is 1.87. The molecule has 100 valence electrons. The van der Waals surface area contributed by atoms with Crippen molar-refractivity contribution in [2.75, 3.05) is 0 Å². The van der Waals surface area contributed by atoms with E-state index >= 15 is 0 Å². The Morgan fingerprint density at radius 1 is 1.20 bits per heavy atom. The van der Waals surface area contributed by atoms with Crippen LogP contribution in [0.4, 0.5) is 0 Å². The first-order valence-electron chi connectivity index (χ1n) is 6.23. The predicted molar refractivity (Wildman–Crippen MR) is 80.4 cm³/mol. The van der Waals surface area contributed by atoms with Crippen LogP contribution in [0.1, 0.15) is 21.6 Å². The Kier molecular flexibility index (Phi) is 4.78. The van der Waals surface area contributed by atoms with Crippen molar-refractivity contribution in [3.05, 3.63) is 71.6 Å². The summed E-state index contributed by atoms with van der Waals surface area (Å²) in [4.78, 5) is 15.8. The van der Waals surface area contributed by atoms with Gasteiger partial charge in [0.25, 0.3) is 5.91 Å². The van der Waals surface area contributed by atoms with Crippen LogP contribution < -0.4 is 5.43 Å². The average molecular weight is 265 g/mol. The molecular formula is C16H15N3O. The summed E-state index contributed by atoms with van der Waals surface area (Å²) in [6, 6.07) is 13.4. The van der Waals surface area contributed by atoms with E-state index < -0.39 is 0 Å². The van der Waals surface area contributed by atoms with E-state index in [1.54, 1.807) is 18.2 Å². The maximum Gasteiger partial charge on any atom is 0.272 e. The van der Waals surface area contributed by atoms with Crippen LogP contribution in [0.3, 0.4) is 0 Å². The first kappa shape index (κ1) is 13.7. The number of aromatic nitrogens is 1. The van der Waals surface area contributed by atoms with Gasteiger partial charge in [-0.05, 0) is 30.7 Å². The van der Waals surface area contributed by atoms with Crippen LogP contribution in [0, 0.1) is 6.92 Å². The molecule has 0 unspecified atom stereocenters. The SMILES string of the molecule is Cc1ccc(C(=O)N/N=C\C=C\c2ccccc2)cn1. The third kappa shape index (κ3) is 4.17. The Hall–Kier alpha value is -2.75. The summed E-state index contributed by atoms with van der Waals surface area (Å²) in [5, 5.41) is 3.85. The molecule has 1 heterocycles. The number of aryl methyl sites for hydroxylation is 1. The fourth-order valence-corrected chi connectivity index (χ4v) is 1.52. The summed E-state index contributed by atoms with van der Waals surface area (Å²) in [7, 11) is 0. The number of pyridine rings is 1. The van der Waals surface area contributed by atoms with Gasteiger partial charge < -0.3 is 0 Å². The highest BCUT2D eigenvalue weighted by atomic mass is 16.2. The summed E-state index contributed by atoms with van der Waals surface area (Å²) in [5.74, 6) is -0.276. The molecule has 4 heteroatoms. The lowest BCUT2D eigenvalue weighted by atomic mass is 10.2. The smallest absolute Gasteiger partial charge is 0.267 e. The number of hydrogen-bond donors (Lipinski definition) is 1. The molecular weight excluding hydrogens is 250 g/mol. The van der Waals surface area contributed by atoms with Crippen molar-refractivity contribution in [2.24, 2.45) is 5.10 Å². The van der Waals surface area contributed by atoms with Crippen LogP contribution in [-0.2, 0) is 0 Å². The minimum absolute atomic E-state index is 0.276. The maximum atomic E-state index is 11.7. The first-order valence-corrected chi connectivity index (χ1v) is 6.23. The number of allylic oxidation sites excluding steroid dienone is 1. The molecule has 0 aliphatic carbocycles. The predicted octanol–water partition coefficient (Wildman–Crippen LogP) is 2.82. The van der Waals surface area contributed by atoms with E-state index in [1.165, 1.54) is 12.4 Å². The maximum absolute atomic E-state index is 11.7. The number of carbonyl (C=O) groups is 1. The molecule has 0 atom stereocenters. The lowest BCUT2D eigenvalue weighted by molar-refractivity contribution is 0.0955. The van der Waals surface area contributed by atoms with Crippen LogP contribution >= 0.6 is 0 Å². The molecule has 2 rings (SSSR count). The van der Waals surface area contributed by atoms with E-state index in [4.69, 9.17) is 0 Å². The highest BCUT2D eigenvalue weighted by Gasteiger charge is 2.02. The Balaban J connectivity index is 1.86. The van der Waals surface area contributed by atoms with Gasteiger partial charge in [0.15, 0.2) is 0 Å². The second kappa shape index (κ2) is 6.99. The Labute approximate surface area is 117 Å². The molecule has 1 aromatic heterocycles. The van der Waals surface area contributed by atoms with Gasteiger partial charge in [-0.3, -0.25) is 9.78 Å². The van der Waals surface area contributed by atoms with E-state index in [1.807, 2.05) is 43.3 Å². The van der Waals surface area contributed by atoms with Gasteiger partial charge in [0.05, 0.1) is 5.56 Å². The number of carbonyl (C=O) groups excluding carboxylic acids is 1. The monoisotopic (exact) mass is 265 g/mol. The van der Waals surface area contributed by atoms with Gasteiger partial charge in [-0.2, -0.15) is 5.10 Å². The number of nitrogens with zero attached hydrogens (tertiary/aromatic N) is 2. The number of nitrogens with one attached hydrogen (secondary N) is 1. The second-order valence-corrected chi connectivity index (χ2v) is 4.18. The molecule has 0 bridgehead atoms. The van der Waals surface area contributed by atoms with E-state index in [0.717, 1.165) is 11.3 Å². The van der Waals surface area contributed by atoms with Crippen LogP contribution in [-0.4, -0.2) is 17.1 Å². The zero-order valence-electron chi connectivity index (χ0n) is 11.2. The van der Waals surface area contributed by atoms with Crippen LogP contribution in [0.2, 0.25) is 0 Å². The topological polar surface area (TPSA) is 54.4 Å². The molecule has 0 fully saturated rings. The number of hydrogen-bond acceptors (Lipinski definition) is 3. The highest BCUT2D eigenvalue weighted by molar-refractivity contribution is 5.94. The fourth-order valence-electron chi connectivity index (χ4n) is 1.52. The van der Waals surface area contributed by atoms with Gasteiger partial charge in [0.2, 0.25) is 0 Å². The summed E-state index contributed by atoms with van der Waals surface area (Å²) < 4.78 is 0. The van der Waals surface area contributed by atoms with Gasteiger partial charge in [-0.25, -0.2) is 5.43 Å². The zero-order valence-corrected chi connectivity index (χ0v) is 11.2. The minimum Gasteiger partial charge on any atom is -0.267 e. The fraction of sp³-hybridized carbons (Fsp3) is 0.0625. The number of hydrazone groups is 1. The average Bonchev–Trinajstić information content (AvgIpc) is 2.48. The third-order valence-corrected chi connectivity index (χ3v) is 2.59. The lowest BCUT2D eigenvalue weighted by Crippen LogP contribution is -2.17. The second-order valence-electron chi connectivity index (χ2n) is 4.18. The third-order valence-electron chi connectivity index (χ3n) is 2.59. The lowest BCUT2D eigenvalue weighted by Gasteiger charge is -1.98. The standard InChI is InChI=1S/C16H15N3O/c1-13-9-10-15(12-17-13)16(20)19-18-11-5-8-14-6-3-2-4-7-14/h2-12H,1H3,(H,19,20)/b8-5+,18-11-. The van der Waals surface area contributed by atoms with Crippen molar-refractivity contribution in [1.29, 1.82) is 0 Å². The van der Waals surface area contributed by atoms with Gasteiger partial charge in [0.1, 0.15) is 0 Å². The molecule has 1 N–H and O–H groups in total. The quantitative estimate of drug-likeness (QED) is 0.682. The van der Waals surface area contributed by atoms with Crippen molar-refractivity contribution in [3.8, 4) is 0 Å². The molecule has 4 nitrogen and oxygen atoms in total. The van der Waals surface area contributed by atoms with Crippen molar-refractivity contribution in [2.45, 2.75) is 6.92 Å². The largest absolute Gasteiger partial charge is 0.272 e. The molecule has 0 aliphatic heterocycles. The number of amides is 1. The zero-order chi connectivity index (χ0) is 14.2. The van der Waals surface area contributed by atoms with E-state index in [9.17, 15) is 4.79 Å². The molecule has 1 aromatic carbocycles. The molecule has 20 heavy (non-hydrogen) atoms. The summed E-state index contributed by atoms with van der Waals surface area (Å²) >= 11 is 0. The Bertz CT molecular complexity index is 616. The van der Waals surface area contributed by atoms with Crippen LogP contribution in [0.25, 0.3) is 6.08 Å². The van der Waals surface area contributed by atoms with E-state index in [-0.39, 0.29) is 5.91 Å². The van der Waals surface area contributed by atoms with E-state index in [0.29, 0.717) is 5.56 Å². The summed E-state index contributed by atoms with van der Waals surface area (Å²) in [6.07, 6.45) is 6.73. The number of rotatable bonds is 4. The molecule has 0 aliphatic rings. The van der Waals surface area contributed by atoms with Gasteiger partial charge in [-0.15, -0.1) is 0 Å². The Morgan fingerprint density at radius 2 is 2.00 bits per heavy atom. The van der Waals surface area contributed by atoms with Gasteiger partial charge in [-0.1, -0.05) is 36.4 Å². The molecule has 0 radical (unpaired) electrons. The van der Waals surface area contributed by atoms with Crippen LogP contribution in [0.5, 0.6) is 0 Å². The highest BCUT2D eigenvalue weighted by Crippen LogP contribution is 2.00. The molecule has 2 aromatic rings. The van der Waals surface area contributed by atoms with Crippen molar-refractivity contribution in [1.82, 2.24) is 10.4 Å². The Morgan fingerprint density at radius 3 is 2.70 bits per heavy atom. The number of benzene rings is 1. The molecule has 1 amide bonds. The van der Waals surface area contributed by atoms with Crippen LogP contribution in [0.15, 0.2) is 59.8 Å². The van der Waals surface area contributed by atoms with Crippen molar-refractivity contribution >= 4 is 18.2 Å². The molecule has 0 saturated carbocycles. The normalized spacial score (nSPS) is 11.1.